The average molecular weight is 294 g/mol. The van der Waals surface area contributed by atoms with E-state index in [1.54, 1.807) is 0 Å². The van der Waals surface area contributed by atoms with Crippen molar-refractivity contribution in [1.82, 2.24) is 0 Å². The minimum atomic E-state index is -5.58. The Morgan fingerprint density at radius 2 is 2.00 bits per heavy atom. The molecule has 1 rings (SSSR count). The Hall–Kier alpha value is -1.53. The molecule has 1 aromatic rings. The molecule has 0 aliphatic rings. The Kier molecular flexibility index (Phi) is 4.03. The molecule has 0 amide bonds. The molecule has 0 aliphatic heterocycles. The molecule has 0 atom stereocenters. The number of aliphatic imine (C=N–C) groups is 1. The van der Waals surface area contributed by atoms with Gasteiger partial charge in [0.2, 0.25) is 0 Å². The highest BCUT2D eigenvalue weighted by Gasteiger charge is 2.48. The van der Waals surface area contributed by atoms with Gasteiger partial charge in [0.1, 0.15) is 6.07 Å². The van der Waals surface area contributed by atoms with Gasteiger partial charge in [-0.2, -0.15) is 18.4 Å². The van der Waals surface area contributed by atoms with Gasteiger partial charge in [-0.25, -0.2) is 8.42 Å². The Balaban J connectivity index is 3.58. The van der Waals surface area contributed by atoms with Crippen LogP contribution >= 0.6 is 12.6 Å². The average Bonchev–Trinajstić information content (AvgIpc) is 2.28. The normalized spacial score (nSPS) is 12.6. The van der Waals surface area contributed by atoms with E-state index in [0.717, 1.165) is 11.6 Å². The second-order valence-corrected chi connectivity index (χ2v) is 5.13. The molecule has 4 nitrogen and oxygen atoms in total. The van der Waals surface area contributed by atoms with Crippen molar-refractivity contribution in [3.8, 4) is 6.07 Å². The Labute approximate surface area is 106 Å². The van der Waals surface area contributed by atoms with Crippen molar-refractivity contribution < 1.29 is 21.6 Å². The van der Waals surface area contributed by atoms with Crippen LogP contribution in [0.4, 0.5) is 18.9 Å². The van der Waals surface area contributed by atoms with E-state index in [-0.39, 0.29) is 5.69 Å². The van der Waals surface area contributed by atoms with Gasteiger partial charge < -0.3 is 0 Å². The lowest BCUT2D eigenvalue weighted by Gasteiger charge is -2.09. The van der Waals surface area contributed by atoms with E-state index in [0.29, 0.717) is 6.07 Å². The number of nitrogens with zero attached hydrogens (tertiary/aromatic N) is 2. The molecule has 18 heavy (non-hydrogen) atoms. The topological polar surface area (TPSA) is 70.3 Å². The van der Waals surface area contributed by atoms with E-state index in [2.05, 4.69) is 17.6 Å². The lowest BCUT2D eigenvalue weighted by Crippen LogP contribution is -2.24. The molecule has 0 radical (unpaired) electrons. The smallest absolute Gasteiger partial charge is 0.250 e. The lowest BCUT2D eigenvalue weighted by atomic mass is 10.2. The maximum atomic E-state index is 12.4. The summed E-state index contributed by atoms with van der Waals surface area (Å²) in [5.41, 5.74) is -5.12. The van der Waals surface area contributed by atoms with Crippen LogP contribution in [0.25, 0.3) is 0 Å². The Bertz CT molecular complexity index is 630. The number of alkyl halides is 3. The molecule has 0 spiro atoms. The van der Waals surface area contributed by atoms with E-state index in [1.165, 1.54) is 12.1 Å². The predicted molar refractivity (Wildman–Crippen MR) is 61.5 cm³/mol. The largest absolute Gasteiger partial charge is 0.501 e. The fourth-order valence-corrected chi connectivity index (χ4v) is 2.16. The van der Waals surface area contributed by atoms with Gasteiger partial charge in [-0.05, 0) is 18.2 Å². The molecule has 9 heteroatoms. The summed E-state index contributed by atoms with van der Waals surface area (Å²) in [4.78, 5) is 2.42. The molecule has 0 fully saturated rings. The van der Waals surface area contributed by atoms with Crippen molar-refractivity contribution in [2.24, 2.45) is 4.99 Å². The summed E-state index contributed by atoms with van der Waals surface area (Å²) < 4.78 is 59.7. The second kappa shape index (κ2) is 4.99. The Morgan fingerprint density at radius 3 is 2.44 bits per heavy atom. The molecular formula is C9H5F3N2O2S2. The quantitative estimate of drug-likeness (QED) is 0.517. The predicted octanol–water partition coefficient (Wildman–Crippen LogP) is 2.44. The molecule has 0 unspecified atom stereocenters. The standard InChI is InChI=1S/C9H5F3N2O2S2/c10-9(11,12)18(15,16)8-3-7(14-5-17)2-1-6(8)4-13/h1-3,5H,(H,14,17). The minimum absolute atomic E-state index is 0.0492. The monoisotopic (exact) mass is 294 g/mol. The number of rotatable bonds is 2. The van der Waals surface area contributed by atoms with E-state index in [1.807, 2.05) is 0 Å². The van der Waals surface area contributed by atoms with Crippen molar-refractivity contribution in [2.75, 3.05) is 0 Å². The highest BCUT2D eigenvalue weighted by atomic mass is 32.2. The van der Waals surface area contributed by atoms with Gasteiger partial charge in [-0.1, -0.05) is 0 Å². The molecule has 0 aromatic heterocycles. The first-order chi connectivity index (χ1) is 8.24. The van der Waals surface area contributed by atoms with Crippen LogP contribution in [0.3, 0.4) is 0 Å². The number of hydrogen-bond donors (Lipinski definition) is 1. The second-order valence-electron chi connectivity index (χ2n) is 2.99. The molecule has 1 aromatic carbocycles. The van der Waals surface area contributed by atoms with Crippen molar-refractivity contribution in [3.63, 3.8) is 0 Å². The molecule has 96 valence electrons. The highest BCUT2D eigenvalue weighted by Crippen LogP contribution is 2.33. The first kappa shape index (κ1) is 14.5. The van der Waals surface area contributed by atoms with Crippen LogP contribution in [0, 0.1) is 11.3 Å². The highest BCUT2D eigenvalue weighted by molar-refractivity contribution is 7.94. The van der Waals surface area contributed by atoms with Crippen molar-refractivity contribution >= 4 is 33.7 Å². The van der Waals surface area contributed by atoms with Gasteiger partial charge in [0.15, 0.2) is 0 Å². The fourth-order valence-electron chi connectivity index (χ4n) is 1.10. The van der Waals surface area contributed by atoms with Crippen LogP contribution in [0.1, 0.15) is 5.56 Å². The van der Waals surface area contributed by atoms with Crippen LogP contribution < -0.4 is 0 Å². The van der Waals surface area contributed by atoms with Crippen LogP contribution in [-0.2, 0) is 9.84 Å². The zero-order chi connectivity index (χ0) is 14.0. The van der Waals surface area contributed by atoms with Gasteiger partial charge in [-0.3, -0.25) is 4.99 Å². The summed E-state index contributed by atoms with van der Waals surface area (Å²) in [6, 6.07) is 4.23. The van der Waals surface area contributed by atoms with Gasteiger partial charge >= 0.3 is 5.51 Å². The maximum Gasteiger partial charge on any atom is 0.501 e. The van der Waals surface area contributed by atoms with Crippen LogP contribution in [0.5, 0.6) is 0 Å². The summed E-state index contributed by atoms with van der Waals surface area (Å²) in [7, 11) is -5.58. The number of sulfone groups is 1. The molecule has 0 aliphatic carbocycles. The number of hydrogen-bond acceptors (Lipinski definition) is 4. The van der Waals surface area contributed by atoms with E-state index >= 15 is 0 Å². The molecule has 0 N–H and O–H groups in total. The van der Waals surface area contributed by atoms with Crippen molar-refractivity contribution in [2.45, 2.75) is 10.4 Å². The van der Waals surface area contributed by atoms with Gasteiger partial charge in [0.05, 0.1) is 21.7 Å². The van der Waals surface area contributed by atoms with E-state index < -0.39 is 25.8 Å². The zero-order valence-electron chi connectivity index (χ0n) is 8.51. The SMILES string of the molecule is N#Cc1ccc(N=CS)cc1S(=O)(=O)C(F)(F)F. The summed E-state index contributed by atoms with van der Waals surface area (Å²) in [5.74, 6) is 0. The third-order valence-electron chi connectivity index (χ3n) is 1.89. The minimum Gasteiger partial charge on any atom is -0.250 e. The first-order valence-corrected chi connectivity index (χ1v) is 6.26. The fraction of sp³-hybridized carbons (Fsp3) is 0.111. The zero-order valence-corrected chi connectivity index (χ0v) is 10.2. The molecule has 0 saturated carbocycles. The van der Waals surface area contributed by atoms with E-state index in [9.17, 15) is 21.6 Å². The lowest BCUT2D eigenvalue weighted by molar-refractivity contribution is -0.0436. The van der Waals surface area contributed by atoms with Crippen LogP contribution in [0.15, 0.2) is 28.1 Å². The number of halogens is 3. The van der Waals surface area contributed by atoms with Gasteiger partial charge in [0, 0.05) is 0 Å². The first-order valence-electron chi connectivity index (χ1n) is 4.26. The van der Waals surface area contributed by atoms with Gasteiger partial charge in [-0.15, -0.1) is 12.6 Å². The van der Waals surface area contributed by atoms with Crippen molar-refractivity contribution in [3.05, 3.63) is 23.8 Å². The Morgan fingerprint density at radius 1 is 1.39 bits per heavy atom. The van der Waals surface area contributed by atoms with Crippen LogP contribution in [0.2, 0.25) is 0 Å². The molecule has 0 saturated heterocycles. The third-order valence-corrected chi connectivity index (χ3v) is 3.53. The van der Waals surface area contributed by atoms with Gasteiger partial charge in [0.25, 0.3) is 9.84 Å². The van der Waals surface area contributed by atoms with Crippen LogP contribution in [-0.4, -0.2) is 19.5 Å². The molecule has 0 bridgehead atoms. The molecular weight excluding hydrogens is 289 g/mol. The maximum absolute atomic E-state index is 12.4. The molecule has 0 heterocycles. The summed E-state index contributed by atoms with van der Waals surface area (Å²) in [6.45, 7) is 0. The summed E-state index contributed by atoms with van der Waals surface area (Å²) in [6.07, 6.45) is 0. The summed E-state index contributed by atoms with van der Waals surface area (Å²) in [5, 5.41) is 8.63. The van der Waals surface area contributed by atoms with Crippen molar-refractivity contribution in [1.29, 1.82) is 5.26 Å². The number of nitriles is 1. The summed E-state index contributed by atoms with van der Waals surface area (Å²) >= 11 is 3.62. The third kappa shape index (κ3) is 2.65. The number of thiol groups is 1. The number of benzene rings is 1. The van der Waals surface area contributed by atoms with E-state index in [4.69, 9.17) is 5.26 Å².